The zero-order valence-corrected chi connectivity index (χ0v) is 15.8. The van der Waals surface area contributed by atoms with Crippen LogP contribution in [0.25, 0.3) is 0 Å². The molecule has 3 aliphatic heterocycles. The highest BCUT2D eigenvalue weighted by molar-refractivity contribution is 5.79. The Labute approximate surface area is 160 Å². The first-order valence-corrected chi connectivity index (χ1v) is 10.0. The number of aromatic nitrogens is 1. The molecule has 0 aromatic carbocycles. The highest BCUT2D eigenvalue weighted by Crippen LogP contribution is 2.32. The summed E-state index contributed by atoms with van der Waals surface area (Å²) in [6, 6.07) is 3.90. The molecule has 0 unspecified atom stereocenters. The highest BCUT2D eigenvalue weighted by atomic mass is 16.5. The van der Waals surface area contributed by atoms with Crippen molar-refractivity contribution in [1.29, 1.82) is 0 Å². The van der Waals surface area contributed by atoms with Gasteiger partial charge in [0.2, 0.25) is 5.91 Å². The predicted molar refractivity (Wildman–Crippen MR) is 99.2 cm³/mol. The zero-order chi connectivity index (χ0) is 18.5. The molecular weight excluding hydrogens is 346 g/mol. The van der Waals surface area contributed by atoms with E-state index in [2.05, 4.69) is 16.0 Å². The van der Waals surface area contributed by atoms with Gasteiger partial charge < -0.3 is 19.1 Å². The molecule has 27 heavy (non-hydrogen) atoms. The van der Waals surface area contributed by atoms with Crippen LogP contribution in [0.15, 0.2) is 24.5 Å². The number of carbonyl (C=O) groups is 1. The fourth-order valence-electron chi connectivity index (χ4n) is 4.30. The van der Waals surface area contributed by atoms with Gasteiger partial charge in [0.1, 0.15) is 0 Å². The van der Waals surface area contributed by atoms with Crippen molar-refractivity contribution in [3.05, 3.63) is 30.1 Å². The first-order valence-electron chi connectivity index (χ1n) is 10.0. The number of amides is 1. The Morgan fingerprint density at radius 2 is 1.85 bits per heavy atom. The number of ether oxygens (including phenoxy) is 3. The molecule has 0 spiro atoms. The normalized spacial score (nSPS) is 28.2. The van der Waals surface area contributed by atoms with Crippen LogP contribution < -0.4 is 0 Å². The van der Waals surface area contributed by atoms with Gasteiger partial charge in [-0.1, -0.05) is 6.07 Å². The summed E-state index contributed by atoms with van der Waals surface area (Å²) in [7, 11) is 0. The molecule has 0 bridgehead atoms. The third-order valence-electron chi connectivity index (χ3n) is 5.77. The van der Waals surface area contributed by atoms with Crippen LogP contribution in [-0.2, 0) is 19.0 Å². The summed E-state index contributed by atoms with van der Waals surface area (Å²) in [5.74, 6) is 0.294. The fraction of sp³-hybridized carbons (Fsp3) is 0.700. The number of hydrogen-bond donors (Lipinski definition) is 0. The van der Waals surface area contributed by atoms with E-state index in [0.29, 0.717) is 26.4 Å². The van der Waals surface area contributed by atoms with Crippen molar-refractivity contribution in [2.75, 3.05) is 59.2 Å². The number of hydrogen-bond acceptors (Lipinski definition) is 6. The van der Waals surface area contributed by atoms with Crippen LogP contribution in [0, 0.1) is 5.92 Å². The van der Waals surface area contributed by atoms with Crippen molar-refractivity contribution >= 4 is 5.91 Å². The Bertz CT molecular complexity index is 603. The SMILES string of the molecule is O=C(C1CCOCC1)N1CCO[C@@H](CN2CCOCC2)[C@@H]1c1cccnc1. The number of morpholine rings is 2. The fourth-order valence-corrected chi connectivity index (χ4v) is 4.30. The lowest BCUT2D eigenvalue weighted by Gasteiger charge is -2.44. The standard InChI is InChI=1S/C20H29N3O4/c24-20(16-3-9-25-10-4-16)23-8-13-27-18(15-22-6-11-26-12-7-22)19(23)17-2-1-5-21-14-17/h1-2,5,14,16,18-19H,3-4,6-13,15H2/t18-,19-/m0/s1. The van der Waals surface area contributed by atoms with Crippen molar-refractivity contribution in [2.24, 2.45) is 5.92 Å². The van der Waals surface area contributed by atoms with Gasteiger partial charge in [-0.2, -0.15) is 0 Å². The maximum absolute atomic E-state index is 13.3. The molecule has 0 aliphatic carbocycles. The van der Waals surface area contributed by atoms with Crippen LogP contribution in [-0.4, -0.2) is 86.0 Å². The van der Waals surface area contributed by atoms with E-state index in [9.17, 15) is 4.79 Å². The average Bonchev–Trinajstić information content (AvgIpc) is 2.75. The van der Waals surface area contributed by atoms with E-state index in [1.807, 2.05) is 17.2 Å². The van der Waals surface area contributed by atoms with Crippen LogP contribution >= 0.6 is 0 Å². The minimum atomic E-state index is -0.0920. The van der Waals surface area contributed by atoms with Crippen LogP contribution in [0.5, 0.6) is 0 Å². The Hall–Kier alpha value is -1.54. The summed E-state index contributed by atoms with van der Waals surface area (Å²) in [5, 5.41) is 0. The maximum Gasteiger partial charge on any atom is 0.226 e. The maximum atomic E-state index is 13.3. The Morgan fingerprint density at radius 3 is 2.59 bits per heavy atom. The lowest BCUT2D eigenvalue weighted by molar-refractivity contribution is -0.156. The van der Waals surface area contributed by atoms with Gasteiger partial charge in [0, 0.05) is 57.7 Å². The van der Waals surface area contributed by atoms with Gasteiger partial charge in [-0.15, -0.1) is 0 Å². The highest BCUT2D eigenvalue weighted by Gasteiger charge is 2.40. The molecule has 4 rings (SSSR count). The first-order chi connectivity index (χ1) is 13.3. The molecule has 3 fully saturated rings. The minimum absolute atomic E-state index is 0.0511. The third kappa shape index (κ3) is 4.48. The number of pyridine rings is 1. The van der Waals surface area contributed by atoms with Crippen molar-refractivity contribution in [3.8, 4) is 0 Å². The molecular formula is C20H29N3O4. The topological polar surface area (TPSA) is 64.1 Å². The predicted octanol–water partition coefficient (Wildman–Crippen LogP) is 1.11. The molecule has 1 amide bonds. The molecule has 3 saturated heterocycles. The van der Waals surface area contributed by atoms with Crippen LogP contribution in [0.3, 0.4) is 0 Å². The second kappa shape index (κ2) is 9.10. The largest absolute Gasteiger partial charge is 0.381 e. The zero-order valence-electron chi connectivity index (χ0n) is 15.8. The van der Waals surface area contributed by atoms with Crippen molar-refractivity contribution in [2.45, 2.75) is 25.0 Å². The van der Waals surface area contributed by atoms with E-state index in [1.54, 1.807) is 6.20 Å². The molecule has 3 aliphatic rings. The van der Waals surface area contributed by atoms with E-state index < -0.39 is 0 Å². The first kappa shape index (κ1) is 18.8. The summed E-state index contributed by atoms with van der Waals surface area (Å²) in [4.78, 5) is 22.1. The van der Waals surface area contributed by atoms with Crippen molar-refractivity contribution in [1.82, 2.24) is 14.8 Å². The van der Waals surface area contributed by atoms with E-state index in [0.717, 1.165) is 51.3 Å². The van der Waals surface area contributed by atoms with Gasteiger partial charge in [-0.3, -0.25) is 14.7 Å². The Kier molecular flexibility index (Phi) is 6.34. The molecule has 1 aromatic rings. The monoisotopic (exact) mass is 375 g/mol. The van der Waals surface area contributed by atoms with Gasteiger partial charge in [0.25, 0.3) is 0 Å². The molecule has 7 heteroatoms. The summed E-state index contributed by atoms with van der Waals surface area (Å²) in [5.41, 5.74) is 1.05. The van der Waals surface area contributed by atoms with Gasteiger partial charge in [0.05, 0.1) is 32.0 Å². The van der Waals surface area contributed by atoms with Crippen LogP contribution in [0.4, 0.5) is 0 Å². The molecule has 2 atom stereocenters. The van der Waals surface area contributed by atoms with E-state index in [4.69, 9.17) is 14.2 Å². The lowest BCUT2D eigenvalue weighted by atomic mass is 9.93. The van der Waals surface area contributed by atoms with Gasteiger partial charge in [0.15, 0.2) is 0 Å². The smallest absolute Gasteiger partial charge is 0.226 e. The van der Waals surface area contributed by atoms with E-state index in [-0.39, 0.29) is 24.0 Å². The van der Waals surface area contributed by atoms with Gasteiger partial charge >= 0.3 is 0 Å². The molecule has 148 valence electrons. The molecule has 0 N–H and O–H groups in total. The molecule has 0 radical (unpaired) electrons. The van der Waals surface area contributed by atoms with Crippen LogP contribution in [0.1, 0.15) is 24.4 Å². The van der Waals surface area contributed by atoms with Crippen LogP contribution in [0.2, 0.25) is 0 Å². The number of rotatable bonds is 4. The molecule has 0 saturated carbocycles. The molecule has 1 aromatic heterocycles. The minimum Gasteiger partial charge on any atom is -0.381 e. The Balaban J connectivity index is 1.55. The Morgan fingerprint density at radius 1 is 1.07 bits per heavy atom. The summed E-state index contributed by atoms with van der Waals surface area (Å²) < 4.78 is 17.1. The summed E-state index contributed by atoms with van der Waals surface area (Å²) >= 11 is 0. The van der Waals surface area contributed by atoms with Gasteiger partial charge in [-0.25, -0.2) is 0 Å². The quantitative estimate of drug-likeness (QED) is 0.786. The van der Waals surface area contributed by atoms with Crippen molar-refractivity contribution in [3.63, 3.8) is 0 Å². The van der Waals surface area contributed by atoms with E-state index in [1.165, 1.54) is 0 Å². The van der Waals surface area contributed by atoms with Crippen molar-refractivity contribution < 1.29 is 19.0 Å². The second-order valence-electron chi connectivity index (χ2n) is 7.47. The summed E-state index contributed by atoms with van der Waals surface area (Å²) in [6.45, 7) is 6.71. The lowest BCUT2D eigenvalue weighted by Crippen LogP contribution is -2.54. The third-order valence-corrected chi connectivity index (χ3v) is 5.77. The number of carbonyl (C=O) groups excluding carboxylic acids is 1. The number of nitrogens with zero attached hydrogens (tertiary/aromatic N) is 3. The summed E-state index contributed by atoms with van der Waals surface area (Å²) in [6.07, 6.45) is 5.21. The second-order valence-corrected chi connectivity index (χ2v) is 7.47. The van der Waals surface area contributed by atoms with E-state index >= 15 is 0 Å². The molecule has 7 nitrogen and oxygen atoms in total. The van der Waals surface area contributed by atoms with Gasteiger partial charge in [-0.05, 0) is 24.5 Å². The molecule has 4 heterocycles. The average molecular weight is 375 g/mol.